The molecule has 1 aromatic heterocycles. The first-order valence-electron chi connectivity index (χ1n) is 4.65. The summed E-state index contributed by atoms with van der Waals surface area (Å²) >= 11 is 7.61. The fourth-order valence-electron chi connectivity index (χ4n) is 0.941. The van der Waals surface area contributed by atoms with E-state index >= 15 is 0 Å². The number of pyridine rings is 1. The van der Waals surface area contributed by atoms with Crippen LogP contribution in [0, 0.1) is 5.41 Å². The Morgan fingerprint density at radius 3 is 2.71 bits per heavy atom. The van der Waals surface area contributed by atoms with Crippen LogP contribution in [-0.4, -0.2) is 10.7 Å². The fourth-order valence-corrected chi connectivity index (χ4v) is 2.27. The van der Waals surface area contributed by atoms with E-state index in [9.17, 15) is 0 Å². The molecule has 0 N–H and O–H groups in total. The van der Waals surface area contributed by atoms with Crippen molar-refractivity contribution in [3.8, 4) is 0 Å². The molecule has 0 saturated heterocycles. The number of hydrogen-bond donors (Lipinski definition) is 0. The van der Waals surface area contributed by atoms with Crippen molar-refractivity contribution < 1.29 is 0 Å². The molecule has 1 nitrogen and oxygen atoms in total. The molecule has 0 atom stereocenters. The molecule has 0 saturated carbocycles. The van der Waals surface area contributed by atoms with Gasteiger partial charge in [0.15, 0.2) is 0 Å². The quantitative estimate of drug-likeness (QED) is 0.575. The minimum Gasteiger partial charge on any atom is -0.250 e. The van der Waals surface area contributed by atoms with Crippen LogP contribution < -0.4 is 0 Å². The Morgan fingerprint density at radius 2 is 2.14 bits per heavy atom. The van der Waals surface area contributed by atoms with Gasteiger partial charge < -0.3 is 0 Å². The van der Waals surface area contributed by atoms with E-state index in [2.05, 4.69) is 25.8 Å². The highest BCUT2D eigenvalue weighted by atomic mass is 35.5. The molecule has 3 heteroatoms. The maximum absolute atomic E-state index is 5.83. The van der Waals surface area contributed by atoms with Crippen LogP contribution in [-0.2, 0) is 5.88 Å². The summed E-state index contributed by atoms with van der Waals surface area (Å²) < 4.78 is 0. The molecule has 0 radical (unpaired) electrons. The molecule has 0 aliphatic heterocycles. The third kappa shape index (κ3) is 3.89. The van der Waals surface area contributed by atoms with Crippen molar-refractivity contribution in [2.24, 2.45) is 5.41 Å². The highest BCUT2D eigenvalue weighted by molar-refractivity contribution is 7.99. The summed E-state index contributed by atoms with van der Waals surface area (Å²) in [4.78, 5) is 4.33. The van der Waals surface area contributed by atoms with Crippen molar-refractivity contribution >= 4 is 23.4 Å². The van der Waals surface area contributed by atoms with Gasteiger partial charge in [0.1, 0.15) is 5.03 Å². The SMILES string of the molecule is CC(C)(C)CSc1ncccc1CCl. The Balaban J connectivity index is 2.67. The average molecular weight is 230 g/mol. The van der Waals surface area contributed by atoms with Gasteiger partial charge in [0.05, 0.1) is 5.88 Å². The number of nitrogens with zero attached hydrogens (tertiary/aromatic N) is 1. The molecule has 1 heterocycles. The maximum atomic E-state index is 5.83. The third-order valence-corrected chi connectivity index (χ3v) is 3.58. The molecular formula is C11H16ClNS. The normalized spacial score (nSPS) is 11.7. The van der Waals surface area contributed by atoms with E-state index in [-0.39, 0.29) is 0 Å². The molecule has 0 spiro atoms. The van der Waals surface area contributed by atoms with Gasteiger partial charge in [-0.05, 0) is 17.0 Å². The van der Waals surface area contributed by atoms with Crippen LogP contribution in [0.1, 0.15) is 26.3 Å². The molecule has 78 valence electrons. The highest BCUT2D eigenvalue weighted by Crippen LogP contribution is 2.28. The second-order valence-corrected chi connectivity index (χ2v) is 5.68. The van der Waals surface area contributed by atoms with Crippen molar-refractivity contribution in [2.75, 3.05) is 5.75 Å². The Morgan fingerprint density at radius 1 is 1.43 bits per heavy atom. The van der Waals surface area contributed by atoms with Crippen LogP contribution >= 0.6 is 23.4 Å². The number of halogens is 1. The molecule has 0 aliphatic rings. The zero-order chi connectivity index (χ0) is 10.6. The van der Waals surface area contributed by atoms with Gasteiger partial charge in [0.2, 0.25) is 0 Å². The molecule has 14 heavy (non-hydrogen) atoms. The number of alkyl halides is 1. The maximum Gasteiger partial charge on any atom is 0.100 e. The summed E-state index contributed by atoms with van der Waals surface area (Å²) in [6.07, 6.45) is 1.82. The number of thioether (sulfide) groups is 1. The minimum absolute atomic E-state index is 0.325. The van der Waals surface area contributed by atoms with E-state index in [4.69, 9.17) is 11.6 Å². The average Bonchev–Trinajstić information content (AvgIpc) is 2.14. The zero-order valence-electron chi connectivity index (χ0n) is 8.88. The summed E-state index contributed by atoms with van der Waals surface area (Å²) in [6, 6.07) is 3.96. The topological polar surface area (TPSA) is 12.9 Å². The Kier molecular flexibility index (Phi) is 4.27. The number of rotatable bonds is 3. The second kappa shape index (κ2) is 5.04. The molecular weight excluding hydrogens is 214 g/mol. The Bertz CT molecular complexity index is 294. The van der Waals surface area contributed by atoms with Crippen molar-refractivity contribution in [1.29, 1.82) is 0 Å². The van der Waals surface area contributed by atoms with E-state index in [0.717, 1.165) is 16.3 Å². The first-order chi connectivity index (χ1) is 6.53. The second-order valence-electron chi connectivity index (χ2n) is 4.45. The summed E-state index contributed by atoms with van der Waals surface area (Å²) in [5.74, 6) is 1.61. The van der Waals surface area contributed by atoms with Gasteiger partial charge in [-0.2, -0.15) is 0 Å². The Hall–Kier alpha value is -0.210. The monoisotopic (exact) mass is 229 g/mol. The van der Waals surface area contributed by atoms with E-state index in [1.807, 2.05) is 18.3 Å². The first-order valence-corrected chi connectivity index (χ1v) is 6.17. The van der Waals surface area contributed by atoms with Gasteiger partial charge in [-0.15, -0.1) is 23.4 Å². The van der Waals surface area contributed by atoms with Crippen LogP contribution in [0.3, 0.4) is 0 Å². The van der Waals surface area contributed by atoms with Gasteiger partial charge >= 0.3 is 0 Å². The van der Waals surface area contributed by atoms with Gasteiger partial charge in [-0.3, -0.25) is 0 Å². The van der Waals surface area contributed by atoms with Crippen LogP contribution in [0.5, 0.6) is 0 Å². The molecule has 0 bridgehead atoms. The van der Waals surface area contributed by atoms with Crippen molar-refractivity contribution in [1.82, 2.24) is 4.98 Å². The minimum atomic E-state index is 0.325. The van der Waals surface area contributed by atoms with E-state index in [1.54, 1.807) is 11.8 Å². The lowest BCUT2D eigenvalue weighted by molar-refractivity contribution is 0.480. The lowest BCUT2D eigenvalue weighted by Crippen LogP contribution is -2.08. The van der Waals surface area contributed by atoms with E-state index in [1.165, 1.54) is 0 Å². The van der Waals surface area contributed by atoms with Gasteiger partial charge in [0, 0.05) is 11.9 Å². The number of aromatic nitrogens is 1. The highest BCUT2D eigenvalue weighted by Gasteiger charge is 2.12. The summed E-state index contributed by atoms with van der Waals surface area (Å²) in [7, 11) is 0. The number of hydrogen-bond acceptors (Lipinski definition) is 2. The molecule has 1 rings (SSSR count). The summed E-state index contributed by atoms with van der Waals surface area (Å²) in [5.41, 5.74) is 1.45. The van der Waals surface area contributed by atoms with E-state index in [0.29, 0.717) is 11.3 Å². The largest absolute Gasteiger partial charge is 0.250 e. The molecule has 0 amide bonds. The predicted octanol–water partition coefficient (Wildman–Crippen LogP) is 3.96. The summed E-state index contributed by atoms with van der Waals surface area (Å²) in [6.45, 7) is 6.68. The first kappa shape index (κ1) is 11.9. The lowest BCUT2D eigenvalue weighted by atomic mass is 10.0. The smallest absolute Gasteiger partial charge is 0.100 e. The molecule has 0 fully saturated rings. The Labute approximate surface area is 95.3 Å². The van der Waals surface area contributed by atoms with Crippen LogP contribution in [0.4, 0.5) is 0 Å². The van der Waals surface area contributed by atoms with Crippen molar-refractivity contribution in [3.05, 3.63) is 23.9 Å². The van der Waals surface area contributed by atoms with Crippen LogP contribution in [0.15, 0.2) is 23.4 Å². The summed E-state index contributed by atoms with van der Waals surface area (Å²) in [5, 5.41) is 1.07. The van der Waals surface area contributed by atoms with Gasteiger partial charge in [-0.25, -0.2) is 4.98 Å². The molecule has 0 unspecified atom stereocenters. The van der Waals surface area contributed by atoms with Crippen LogP contribution in [0.25, 0.3) is 0 Å². The van der Waals surface area contributed by atoms with Crippen LogP contribution in [0.2, 0.25) is 0 Å². The zero-order valence-corrected chi connectivity index (χ0v) is 10.5. The third-order valence-electron chi connectivity index (χ3n) is 1.64. The fraction of sp³-hybridized carbons (Fsp3) is 0.545. The van der Waals surface area contributed by atoms with Gasteiger partial charge in [0.25, 0.3) is 0 Å². The van der Waals surface area contributed by atoms with E-state index < -0.39 is 0 Å². The van der Waals surface area contributed by atoms with Gasteiger partial charge in [-0.1, -0.05) is 26.8 Å². The standard InChI is InChI=1S/C11H16ClNS/c1-11(2,3)8-14-10-9(7-12)5-4-6-13-10/h4-6H,7-8H2,1-3H3. The molecule has 1 aromatic rings. The predicted molar refractivity (Wildman–Crippen MR) is 64.0 cm³/mol. The lowest BCUT2D eigenvalue weighted by Gasteiger charge is -2.17. The van der Waals surface area contributed by atoms with Crippen molar-refractivity contribution in [2.45, 2.75) is 31.7 Å². The van der Waals surface area contributed by atoms with Crippen molar-refractivity contribution in [3.63, 3.8) is 0 Å². The molecule has 0 aliphatic carbocycles. The molecule has 0 aromatic carbocycles.